The summed E-state index contributed by atoms with van der Waals surface area (Å²) in [5.41, 5.74) is 8.44. The molecule has 2 N–H and O–H groups in total. The minimum Gasteiger partial charge on any atom is -0.367 e. The number of hydrogen-bond donors (Lipinski definition) is 1. The number of nitrogens with two attached hydrogens (primary N) is 1. The summed E-state index contributed by atoms with van der Waals surface area (Å²) in [5.74, 6) is 0.400. The molecule has 4 heteroatoms. The molecule has 1 aromatic heterocycles. The lowest BCUT2D eigenvalue weighted by atomic mass is 10.0. The van der Waals surface area contributed by atoms with Gasteiger partial charge in [0, 0.05) is 16.1 Å². The first-order chi connectivity index (χ1) is 7.72. The van der Waals surface area contributed by atoms with Crippen LogP contribution in [0.15, 0.2) is 28.8 Å². The first kappa shape index (κ1) is 11.0. The van der Waals surface area contributed by atoms with Gasteiger partial charge < -0.3 is 10.3 Å². The Kier molecular flexibility index (Phi) is 3.15. The topological polar surface area (TPSA) is 52.0 Å². The van der Waals surface area contributed by atoms with Crippen LogP contribution in [-0.4, -0.2) is 5.16 Å². The minimum absolute atomic E-state index is 0.400. The zero-order valence-corrected chi connectivity index (χ0v) is 9.79. The second-order valence-corrected chi connectivity index (χ2v) is 4.07. The lowest BCUT2D eigenvalue weighted by Crippen LogP contribution is -1.91. The van der Waals surface area contributed by atoms with Gasteiger partial charge >= 0.3 is 0 Å². The van der Waals surface area contributed by atoms with E-state index in [9.17, 15) is 0 Å². The van der Waals surface area contributed by atoms with Gasteiger partial charge in [0.05, 0.1) is 0 Å². The molecule has 0 aliphatic heterocycles. The van der Waals surface area contributed by atoms with E-state index in [1.807, 2.05) is 24.3 Å². The van der Waals surface area contributed by atoms with Crippen molar-refractivity contribution in [1.29, 1.82) is 0 Å². The van der Waals surface area contributed by atoms with E-state index in [0.717, 1.165) is 29.7 Å². The smallest absolute Gasteiger partial charge is 0.225 e. The Morgan fingerprint density at radius 1 is 1.44 bits per heavy atom. The van der Waals surface area contributed by atoms with Gasteiger partial charge in [-0.05, 0) is 18.6 Å². The van der Waals surface area contributed by atoms with Crippen molar-refractivity contribution in [1.82, 2.24) is 5.16 Å². The zero-order valence-electron chi connectivity index (χ0n) is 9.03. The maximum absolute atomic E-state index is 5.94. The molecule has 0 amide bonds. The van der Waals surface area contributed by atoms with E-state index < -0.39 is 0 Å². The highest BCUT2D eigenvalue weighted by Crippen LogP contribution is 2.29. The molecule has 0 bridgehead atoms. The van der Waals surface area contributed by atoms with Crippen LogP contribution in [0.1, 0.15) is 18.9 Å². The fourth-order valence-electron chi connectivity index (χ4n) is 1.68. The van der Waals surface area contributed by atoms with E-state index in [1.54, 1.807) is 0 Å². The average Bonchev–Trinajstić information content (AvgIpc) is 2.61. The predicted molar refractivity (Wildman–Crippen MR) is 65.4 cm³/mol. The van der Waals surface area contributed by atoms with E-state index in [2.05, 4.69) is 12.1 Å². The van der Waals surface area contributed by atoms with Gasteiger partial charge in [-0.25, -0.2) is 0 Å². The van der Waals surface area contributed by atoms with Crippen LogP contribution in [0.3, 0.4) is 0 Å². The molecule has 0 radical (unpaired) electrons. The summed E-state index contributed by atoms with van der Waals surface area (Å²) in [6.07, 6.45) is 1.86. The van der Waals surface area contributed by atoms with Crippen LogP contribution in [0.5, 0.6) is 0 Å². The molecule has 0 aliphatic carbocycles. The standard InChI is InChI=1S/C12H13ClN2O/c1-2-4-10-11(15-16-12(10)14)8-5-3-6-9(13)7-8/h3,5-7H,2,4,14H2,1H3. The van der Waals surface area contributed by atoms with Crippen molar-refractivity contribution in [2.45, 2.75) is 19.8 Å². The average molecular weight is 237 g/mol. The van der Waals surface area contributed by atoms with Crippen LogP contribution in [-0.2, 0) is 6.42 Å². The number of benzene rings is 1. The largest absolute Gasteiger partial charge is 0.367 e. The molecule has 0 atom stereocenters. The lowest BCUT2D eigenvalue weighted by molar-refractivity contribution is 0.438. The molecule has 3 nitrogen and oxygen atoms in total. The van der Waals surface area contributed by atoms with Gasteiger partial charge in [-0.15, -0.1) is 0 Å². The molecule has 0 aliphatic rings. The summed E-state index contributed by atoms with van der Waals surface area (Å²) < 4.78 is 5.03. The monoisotopic (exact) mass is 236 g/mol. The number of hydrogen-bond acceptors (Lipinski definition) is 3. The highest BCUT2D eigenvalue weighted by molar-refractivity contribution is 6.30. The van der Waals surface area contributed by atoms with Gasteiger partial charge in [-0.3, -0.25) is 0 Å². The predicted octanol–water partition coefficient (Wildman–Crippen LogP) is 3.53. The highest BCUT2D eigenvalue weighted by atomic mass is 35.5. The third-order valence-electron chi connectivity index (χ3n) is 2.42. The Labute approximate surface area is 99.2 Å². The van der Waals surface area contributed by atoms with Gasteiger partial charge in [0.15, 0.2) is 0 Å². The van der Waals surface area contributed by atoms with E-state index >= 15 is 0 Å². The van der Waals surface area contributed by atoms with Gasteiger partial charge in [-0.2, -0.15) is 0 Å². The fourth-order valence-corrected chi connectivity index (χ4v) is 1.87. The Hall–Kier alpha value is -1.48. The summed E-state index contributed by atoms with van der Waals surface area (Å²) in [7, 11) is 0. The number of rotatable bonds is 3. The molecule has 0 saturated carbocycles. The van der Waals surface area contributed by atoms with Crippen molar-refractivity contribution in [3.63, 3.8) is 0 Å². The van der Waals surface area contributed by atoms with Gasteiger partial charge in [0.1, 0.15) is 5.69 Å². The normalized spacial score (nSPS) is 10.6. The first-order valence-corrected chi connectivity index (χ1v) is 5.60. The summed E-state index contributed by atoms with van der Waals surface area (Å²) >= 11 is 5.94. The molecule has 0 spiro atoms. The summed E-state index contributed by atoms with van der Waals surface area (Å²) in [6, 6.07) is 7.52. The molecule has 0 fully saturated rings. The van der Waals surface area contributed by atoms with Crippen LogP contribution >= 0.6 is 11.6 Å². The highest BCUT2D eigenvalue weighted by Gasteiger charge is 2.14. The molecular weight excluding hydrogens is 224 g/mol. The summed E-state index contributed by atoms with van der Waals surface area (Å²) in [5, 5.41) is 4.67. The summed E-state index contributed by atoms with van der Waals surface area (Å²) in [4.78, 5) is 0. The molecule has 84 valence electrons. The van der Waals surface area contributed by atoms with E-state index in [1.165, 1.54) is 0 Å². The van der Waals surface area contributed by atoms with Gasteiger partial charge in [0.25, 0.3) is 0 Å². The lowest BCUT2D eigenvalue weighted by Gasteiger charge is -2.00. The van der Waals surface area contributed by atoms with Crippen molar-refractivity contribution in [3.8, 4) is 11.3 Å². The van der Waals surface area contributed by atoms with Crippen molar-refractivity contribution < 1.29 is 4.52 Å². The van der Waals surface area contributed by atoms with Crippen LogP contribution in [0.2, 0.25) is 5.02 Å². The minimum atomic E-state index is 0.400. The number of nitrogens with zero attached hydrogens (tertiary/aromatic N) is 1. The van der Waals surface area contributed by atoms with Crippen molar-refractivity contribution in [2.24, 2.45) is 0 Å². The maximum atomic E-state index is 5.94. The third kappa shape index (κ3) is 2.04. The van der Waals surface area contributed by atoms with Gasteiger partial charge in [-0.1, -0.05) is 42.2 Å². The maximum Gasteiger partial charge on any atom is 0.225 e. The van der Waals surface area contributed by atoms with Crippen molar-refractivity contribution >= 4 is 17.5 Å². The number of halogens is 1. The molecule has 1 heterocycles. The first-order valence-electron chi connectivity index (χ1n) is 5.22. The third-order valence-corrected chi connectivity index (χ3v) is 2.65. The van der Waals surface area contributed by atoms with Crippen molar-refractivity contribution in [3.05, 3.63) is 34.9 Å². The van der Waals surface area contributed by atoms with E-state index in [-0.39, 0.29) is 0 Å². The number of anilines is 1. The van der Waals surface area contributed by atoms with Crippen LogP contribution in [0, 0.1) is 0 Å². The van der Waals surface area contributed by atoms with E-state index in [4.69, 9.17) is 21.9 Å². The molecule has 2 rings (SSSR count). The van der Waals surface area contributed by atoms with Crippen LogP contribution < -0.4 is 5.73 Å². The molecule has 2 aromatic rings. The number of nitrogen functional groups attached to an aromatic ring is 1. The second kappa shape index (κ2) is 4.58. The Morgan fingerprint density at radius 3 is 2.94 bits per heavy atom. The van der Waals surface area contributed by atoms with Gasteiger partial charge in [0.2, 0.25) is 5.88 Å². The summed E-state index contributed by atoms with van der Waals surface area (Å²) in [6.45, 7) is 2.09. The quantitative estimate of drug-likeness (QED) is 0.887. The van der Waals surface area contributed by atoms with Crippen LogP contribution in [0.4, 0.5) is 5.88 Å². The molecule has 0 unspecified atom stereocenters. The fraction of sp³-hybridized carbons (Fsp3) is 0.250. The Balaban J connectivity index is 2.47. The SMILES string of the molecule is CCCc1c(-c2cccc(Cl)c2)noc1N. The number of aromatic nitrogens is 1. The Morgan fingerprint density at radius 2 is 2.25 bits per heavy atom. The van der Waals surface area contributed by atoms with Crippen LogP contribution in [0.25, 0.3) is 11.3 Å². The Bertz CT molecular complexity index is 494. The zero-order chi connectivity index (χ0) is 11.5. The molecule has 1 aromatic carbocycles. The van der Waals surface area contributed by atoms with Crippen molar-refractivity contribution in [2.75, 3.05) is 5.73 Å². The second-order valence-electron chi connectivity index (χ2n) is 3.63. The molecule has 0 saturated heterocycles. The molecular formula is C12H13ClN2O. The van der Waals surface area contributed by atoms with E-state index in [0.29, 0.717) is 10.9 Å². The molecule has 16 heavy (non-hydrogen) atoms.